The zero-order valence-electron chi connectivity index (χ0n) is 5.74. The highest BCUT2D eigenvalue weighted by molar-refractivity contribution is 8.20. The summed E-state index contributed by atoms with van der Waals surface area (Å²) < 4.78 is 53.0. The molecule has 0 amide bonds. The van der Waals surface area contributed by atoms with E-state index >= 15 is 0 Å². The third-order valence-corrected chi connectivity index (χ3v) is 2.09. The van der Waals surface area contributed by atoms with E-state index in [2.05, 4.69) is 0 Å². The second-order valence-electron chi connectivity index (χ2n) is 2.04. The molecule has 0 saturated carbocycles. The van der Waals surface area contributed by atoms with Gasteiger partial charge in [0, 0.05) is 0 Å². The van der Waals surface area contributed by atoms with Crippen LogP contribution in [0.1, 0.15) is 0 Å². The van der Waals surface area contributed by atoms with Crippen LogP contribution in [0.4, 0.5) is 0 Å². The molecule has 0 atom stereocenters. The molecule has 0 radical (unpaired) electrons. The van der Waals surface area contributed by atoms with Gasteiger partial charge in [0.25, 0.3) is 10.1 Å². The number of rotatable bonds is 4. The summed E-state index contributed by atoms with van der Waals surface area (Å²) in [5, 5.41) is 0. The fraction of sp³-hybridized carbons (Fsp3) is 0.667. The van der Waals surface area contributed by atoms with E-state index in [1.807, 2.05) is 0 Å². The molecular formula is C3H8O7S2. The summed E-state index contributed by atoms with van der Waals surface area (Å²) in [6, 6.07) is 0. The minimum absolute atomic E-state index is 1.09. The topological polar surface area (TPSA) is 132 Å². The Labute approximate surface area is 70.3 Å². The van der Waals surface area contributed by atoms with Gasteiger partial charge in [0.05, 0.1) is 10.9 Å². The van der Waals surface area contributed by atoms with Crippen molar-refractivity contribution in [2.75, 3.05) is 11.5 Å². The molecule has 0 bridgehead atoms. The lowest BCUT2D eigenvalue weighted by atomic mass is 10.5. The summed E-state index contributed by atoms with van der Waals surface area (Å²) in [5.74, 6) is -3.49. The lowest BCUT2D eigenvalue weighted by molar-refractivity contribution is -0.114. The Morgan fingerprint density at radius 2 is 1.42 bits per heavy atom. The average Bonchev–Trinajstić information content (AvgIpc) is 1.49. The van der Waals surface area contributed by atoms with Gasteiger partial charge in [-0.25, -0.2) is 0 Å². The highest BCUT2D eigenvalue weighted by Gasteiger charge is 2.21. The third kappa shape index (κ3) is 7.91. The lowest BCUT2D eigenvalue weighted by Crippen LogP contribution is -2.21. The van der Waals surface area contributed by atoms with Crippen LogP contribution in [-0.4, -0.2) is 43.9 Å². The Hall–Kier alpha value is -0.190. The number of hydrogen-bond donors (Lipinski definition) is 4. The minimum Gasteiger partial charge on any atom is -0.308 e. The smallest absolute Gasteiger partial charge is 0.272 e. The van der Waals surface area contributed by atoms with Crippen molar-refractivity contribution < 1.29 is 31.4 Å². The fourth-order valence-electron chi connectivity index (χ4n) is 0.461. The second-order valence-corrected chi connectivity index (χ2v) is 5.05. The van der Waals surface area contributed by atoms with Gasteiger partial charge in [-0.2, -0.15) is 8.42 Å². The Morgan fingerprint density at radius 3 is 1.67 bits per heavy atom. The van der Waals surface area contributed by atoms with Gasteiger partial charge in [-0.1, -0.05) is 0 Å². The summed E-state index contributed by atoms with van der Waals surface area (Å²) in [7, 11) is -8.49. The third-order valence-electron chi connectivity index (χ3n) is 0.698. The lowest BCUT2D eigenvalue weighted by Gasteiger charge is -2.16. The van der Waals surface area contributed by atoms with E-state index in [1.165, 1.54) is 0 Å². The fourth-order valence-corrected chi connectivity index (χ4v) is 1.63. The number of hydrogen-bond acceptors (Lipinski definition) is 6. The summed E-state index contributed by atoms with van der Waals surface area (Å²) in [4.78, 5) is 10.5. The number of ketones is 1. The quantitative estimate of drug-likeness (QED) is 0.476. The van der Waals surface area contributed by atoms with Gasteiger partial charge in [-0.05, 0) is 0 Å². The molecule has 0 aromatic rings. The molecule has 0 rings (SSSR count). The first-order chi connectivity index (χ1) is 5.10. The Kier molecular flexibility index (Phi) is 3.62. The molecule has 4 N–H and O–H groups in total. The van der Waals surface area contributed by atoms with Gasteiger partial charge in [0.15, 0.2) is 5.78 Å². The maximum atomic E-state index is 10.5. The van der Waals surface area contributed by atoms with Crippen LogP contribution in [0.2, 0.25) is 0 Å². The van der Waals surface area contributed by atoms with Crippen molar-refractivity contribution in [1.82, 2.24) is 0 Å². The molecule has 0 aliphatic carbocycles. The molecule has 7 nitrogen and oxygen atoms in total. The average molecular weight is 220 g/mol. The predicted molar refractivity (Wildman–Crippen MR) is 41.8 cm³/mol. The van der Waals surface area contributed by atoms with Gasteiger partial charge in [-0.15, -0.1) is 0 Å². The number of carbonyl (C=O) groups excluding carboxylic acids is 1. The highest BCUT2D eigenvalue weighted by Crippen LogP contribution is 2.31. The van der Waals surface area contributed by atoms with Crippen LogP contribution in [0.15, 0.2) is 0 Å². The van der Waals surface area contributed by atoms with Crippen LogP contribution >= 0.6 is 10.9 Å². The van der Waals surface area contributed by atoms with Gasteiger partial charge >= 0.3 is 0 Å². The largest absolute Gasteiger partial charge is 0.308 e. The Morgan fingerprint density at radius 1 is 1.00 bits per heavy atom. The summed E-state index contributed by atoms with van der Waals surface area (Å²) >= 11 is 0. The van der Waals surface area contributed by atoms with Crippen molar-refractivity contribution in [3.8, 4) is 0 Å². The van der Waals surface area contributed by atoms with Crippen LogP contribution < -0.4 is 0 Å². The molecule has 9 heteroatoms. The second kappa shape index (κ2) is 3.68. The molecule has 0 saturated heterocycles. The Balaban J connectivity index is 4.10. The summed E-state index contributed by atoms with van der Waals surface area (Å²) in [6.45, 7) is 0. The Bertz CT molecular complexity index is 259. The molecule has 0 fully saturated rings. The zero-order valence-corrected chi connectivity index (χ0v) is 7.38. The molecule has 0 aromatic carbocycles. The number of carbonyl (C=O) groups is 1. The molecule has 12 heavy (non-hydrogen) atoms. The first-order valence-corrected chi connectivity index (χ1v) is 5.83. The van der Waals surface area contributed by atoms with Crippen molar-refractivity contribution in [2.45, 2.75) is 0 Å². The van der Waals surface area contributed by atoms with Gasteiger partial charge in [-0.3, -0.25) is 9.35 Å². The highest BCUT2D eigenvalue weighted by atomic mass is 32.3. The van der Waals surface area contributed by atoms with Crippen molar-refractivity contribution >= 4 is 26.8 Å². The van der Waals surface area contributed by atoms with E-state index < -0.39 is 38.3 Å². The SMILES string of the molecule is O=C(CS(O)(O)O)CS(=O)(=O)O. The van der Waals surface area contributed by atoms with E-state index in [9.17, 15) is 13.2 Å². The van der Waals surface area contributed by atoms with Crippen molar-refractivity contribution in [3.63, 3.8) is 0 Å². The molecular weight excluding hydrogens is 212 g/mol. The summed E-state index contributed by atoms with van der Waals surface area (Å²) in [6.07, 6.45) is 0. The van der Waals surface area contributed by atoms with Gasteiger partial charge < -0.3 is 13.7 Å². The van der Waals surface area contributed by atoms with Crippen LogP contribution in [-0.2, 0) is 14.9 Å². The first kappa shape index (κ1) is 11.8. The maximum absolute atomic E-state index is 10.5. The van der Waals surface area contributed by atoms with Gasteiger partial charge in [0.1, 0.15) is 11.5 Å². The summed E-state index contributed by atoms with van der Waals surface area (Å²) in [5.41, 5.74) is 0. The van der Waals surface area contributed by atoms with Crippen LogP contribution in [0.3, 0.4) is 0 Å². The first-order valence-electron chi connectivity index (χ1n) is 2.55. The van der Waals surface area contributed by atoms with E-state index in [0.717, 1.165) is 0 Å². The molecule has 74 valence electrons. The normalized spacial score (nSPS) is 14.3. The molecule has 0 unspecified atom stereocenters. The zero-order chi connectivity index (χ0) is 9.99. The molecule has 0 heterocycles. The van der Waals surface area contributed by atoms with Crippen molar-refractivity contribution in [2.24, 2.45) is 0 Å². The van der Waals surface area contributed by atoms with Crippen molar-refractivity contribution in [1.29, 1.82) is 0 Å². The molecule has 0 aliphatic rings. The molecule has 0 aliphatic heterocycles. The van der Waals surface area contributed by atoms with Crippen LogP contribution in [0.5, 0.6) is 0 Å². The van der Waals surface area contributed by atoms with E-state index in [1.54, 1.807) is 0 Å². The minimum atomic E-state index is -4.47. The van der Waals surface area contributed by atoms with Crippen LogP contribution in [0.25, 0.3) is 0 Å². The van der Waals surface area contributed by atoms with Crippen LogP contribution in [0, 0.1) is 0 Å². The maximum Gasteiger partial charge on any atom is 0.272 e. The number of Topliss-reactive ketones (excluding diaryl/α,β-unsaturated/α-hetero) is 1. The van der Waals surface area contributed by atoms with E-state index in [-0.39, 0.29) is 0 Å². The standard InChI is InChI=1S/C3H8O7S2/c4-3(1-11(5,6)7)2-12(8,9)10/h5-7H,1-2H2,(H,8,9,10). The van der Waals surface area contributed by atoms with Crippen molar-refractivity contribution in [3.05, 3.63) is 0 Å². The molecule has 0 spiro atoms. The molecule has 0 aromatic heterocycles. The van der Waals surface area contributed by atoms with Gasteiger partial charge in [0.2, 0.25) is 0 Å². The van der Waals surface area contributed by atoms with E-state index in [4.69, 9.17) is 18.2 Å². The predicted octanol–water partition coefficient (Wildman–Crippen LogP) is -0.333. The monoisotopic (exact) mass is 220 g/mol. The van der Waals surface area contributed by atoms with E-state index in [0.29, 0.717) is 0 Å².